The summed E-state index contributed by atoms with van der Waals surface area (Å²) < 4.78 is 6.85. The fraction of sp³-hybridized carbons (Fsp3) is 0.286. The minimum Gasteiger partial charge on any atom is -0.512 e. The van der Waals surface area contributed by atoms with Crippen LogP contribution >= 0.6 is 0 Å². The van der Waals surface area contributed by atoms with Gasteiger partial charge >= 0.3 is 0 Å². The summed E-state index contributed by atoms with van der Waals surface area (Å²) >= 11 is 0. The van der Waals surface area contributed by atoms with Crippen molar-refractivity contribution in [1.82, 2.24) is 4.98 Å². The molecule has 5 nitrogen and oxygen atoms in total. The van der Waals surface area contributed by atoms with Gasteiger partial charge in [0.05, 0.1) is 5.76 Å². The van der Waals surface area contributed by atoms with E-state index in [4.69, 9.17) is 9.72 Å². The Labute approximate surface area is 388 Å². The SMILES string of the molecule is CCC(CC)C(=O)/C=C(\O)C(CC)CC.Cc1cc(C)cc(N2c3ccccc3B3c4cc5ccnc(-c6[c-]c7ccccc7c(C(C)(C)C)c6)c5cc4Oc4cccc2c43)c1.[Ir]. The molecule has 63 heavy (non-hydrogen) atoms. The number of aliphatic hydroxyl groups is 1. The molecular formula is C56H58BIrN2O3-. The Bertz CT molecular complexity index is 2830. The third-order valence-electron chi connectivity index (χ3n) is 12.9. The minimum absolute atomic E-state index is 0. The maximum Gasteiger partial charge on any atom is 0.256 e. The summed E-state index contributed by atoms with van der Waals surface area (Å²) in [7, 11) is 0. The van der Waals surface area contributed by atoms with Gasteiger partial charge in [0.2, 0.25) is 0 Å². The number of ether oxygens (including phenoxy) is 1. The van der Waals surface area contributed by atoms with Crippen molar-refractivity contribution in [3.8, 4) is 22.8 Å². The largest absolute Gasteiger partial charge is 0.512 e. The van der Waals surface area contributed by atoms with Crippen molar-refractivity contribution < 1.29 is 34.7 Å². The molecule has 0 saturated carbocycles. The monoisotopic (exact) mass is 1010 g/mol. The van der Waals surface area contributed by atoms with Crippen molar-refractivity contribution in [3.63, 3.8) is 0 Å². The van der Waals surface area contributed by atoms with Gasteiger partial charge in [-0.3, -0.25) is 9.78 Å². The van der Waals surface area contributed by atoms with Crippen LogP contribution in [0.3, 0.4) is 0 Å². The number of anilines is 3. The zero-order valence-electron chi connectivity index (χ0n) is 38.1. The number of aliphatic hydroxyl groups excluding tert-OH is 1. The number of rotatable bonds is 9. The Morgan fingerprint density at radius 1 is 0.762 bits per heavy atom. The predicted molar refractivity (Wildman–Crippen MR) is 261 cm³/mol. The van der Waals surface area contributed by atoms with Crippen LogP contribution in [0.15, 0.2) is 127 Å². The van der Waals surface area contributed by atoms with Crippen molar-refractivity contribution >= 4 is 67.5 Å². The fourth-order valence-electron chi connectivity index (χ4n) is 9.63. The number of fused-ring (bicyclic) bond motifs is 6. The van der Waals surface area contributed by atoms with Crippen LogP contribution in [0.25, 0.3) is 32.8 Å². The van der Waals surface area contributed by atoms with Crippen molar-refractivity contribution in [1.29, 1.82) is 0 Å². The molecule has 2 aliphatic heterocycles. The van der Waals surface area contributed by atoms with Crippen LogP contribution in [-0.2, 0) is 30.3 Å². The number of pyridine rings is 1. The van der Waals surface area contributed by atoms with E-state index in [0.29, 0.717) is 0 Å². The number of hydrogen-bond donors (Lipinski definition) is 1. The van der Waals surface area contributed by atoms with Gasteiger partial charge in [0, 0.05) is 67.0 Å². The van der Waals surface area contributed by atoms with Crippen LogP contribution < -0.4 is 26.0 Å². The number of carbonyl (C=O) groups is 1. The Balaban J connectivity index is 0.000000322. The van der Waals surface area contributed by atoms with Crippen LogP contribution in [0.2, 0.25) is 0 Å². The summed E-state index contributed by atoms with van der Waals surface area (Å²) in [4.78, 5) is 19.1. The number of para-hydroxylation sites is 1. The topological polar surface area (TPSA) is 62.7 Å². The second kappa shape index (κ2) is 18.7. The molecule has 0 spiro atoms. The molecule has 0 fully saturated rings. The van der Waals surface area contributed by atoms with Crippen LogP contribution in [0.4, 0.5) is 17.1 Å². The number of benzene rings is 6. The Morgan fingerprint density at radius 2 is 1.43 bits per heavy atom. The second-order valence-corrected chi connectivity index (χ2v) is 18.1. The fourth-order valence-corrected chi connectivity index (χ4v) is 9.63. The molecule has 6 aromatic carbocycles. The maximum absolute atomic E-state index is 11.7. The molecule has 0 amide bonds. The van der Waals surface area contributed by atoms with Gasteiger partial charge in [-0.2, -0.15) is 0 Å². The average Bonchev–Trinajstić information content (AvgIpc) is 3.25. The molecule has 0 bridgehead atoms. The van der Waals surface area contributed by atoms with Gasteiger partial charge < -0.3 is 14.7 Å². The number of aromatic nitrogens is 1. The van der Waals surface area contributed by atoms with E-state index in [2.05, 4.69) is 155 Å². The van der Waals surface area contributed by atoms with Gasteiger partial charge in [-0.1, -0.05) is 114 Å². The molecule has 2 aliphatic rings. The van der Waals surface area contributed by atoms with E-state index in [1.807, 2.05) is 33.9 Å². The molecular weight excluding hydrogens is 952 g/mol. The zero-order chi connectivity index (χ0) is 43.9. The van der Waals surface area contributed by atoms with E-state index in [0.717, 1.165) is 70.3 Å². The van der Waals surface area contributed by atoms with E-state index in [1.165, 1.54) is 55.9 Å². The first-order valence-corrected chi connectivity index (χ1v) is 22.5. The van der Waals surface area contributed by atoms with Gasteiger partial charge in [0.25, 0.3) is 6.71 Å². The number of aryl methyl sites for hydroxylation is 2. The summed E-state index contributed by atoms with van der Waals surface area (Å²) in [6.07, 6.45) is 6.84. The second-order valence-electron chi connectivity index (χ2n) is 18.1. The molecule has 3 heterocycles. The van der Waals surface area contributed by atoms with Crippen molar-refractivity contribution in [2.75, 3.05) is 4.90 Å². The molecule has 323 valence electrons. The average molecular weight is 1010 g/mol. The van der Waals surface area contributed by atoms with Gasteiger partial charge in [0.1, 0.15) is 11.5 Å². The molecule has 1 N–H and O–H groups in total. The summed E-state index contributed by atoms with van der Waals surface area (Å²) in [5.74, 6) is 2.33. The Morgan fingerprint density at radius 3 is 2.13 bits per heavy atom. The number of ketones is 1. The Hall–Kier alpha value is -5.49. The molecule has 7 heteroatoms. The smallest absolute Gasteiger partial charge is 0.256 e. The van der Waals surface area contributed by atoms with Crippen LogP contribution in [0.1, 0.15) is 90.8 Å². The normalized spacial score (nSPS) is 12.9. The molecule has 0 unspecified atom stereocenters. The molecule has 0 atom stereocenters. The third-order valence-corrected chi connectivity index (χ3v) is 12.9. The van der Waals surface area contributed by atoms with Crippen molar-refractivity contribution in [3.05, 3.63) is 150 Å². The number of hydrogen-bond acceptors (Lipinski definition) is 5. The van der Waals surface area contributed by atoms with Gasteiger partial charge in [0.15, 0.2) is 5.78 Å². The van der Waals surface area contributed by atoms with E-state index >= 15 is 0 Å². The summed E-state index contributed by atoms with van der Waals surface area (Å²) in [5, 5.41) is 14.3. The minimum atomic E-state index is -0.0306. The molecule has 7 aromatic rings. The predicted octanol–water partition coefficient (Wildman–Crippen LogP) is 13.0. The summed E-state index contributed by atoms with van der Waals surface area (Å²) in [5.41, 5.74) is 12.9. The zero-order valence-corrected chi connectivity index (χ0v) is 40.5. The standard InChI is InChI=1S/C43H34BN2O.C13H24O2.Ir/c1-26-19-27(2)21-31(20-26)46-37-14-9-8-13-35(37)44-36-24-29-17-18-45-42(33(29)25-40(36)47-39-16-10-15-38(46)41(39)44)30-22-28-11-6-7-12-32(28)34(23-30)43(3,4)5;1-5-10(6-2)12(14)9-13(15)11(7-3)8-4;/h6-21,23-25H,1-5H3;9-11,14H,5-8H2,1-4H3;/q-1;;/b;12-9-;. The molecule has 9 rings (SSSR count). The molecule has 1 aromatic heterocycles. The van der Waals surface area contributed by atoms with Crippen molar-refractivity contribution in [2.24, 2.45) is 11.8 Å². The van der Waals surface area contributed by atoms with Gasteiger partial charge in [-0.25, -0.2) is 0 Å². The van der Waals surface area contributed by atoms with Crippen LogP contribution in [-0.4, -0.2) is 22.6 Å². The van der Waals surface area contributed by atoms with Crippen LogP contribution in [0.5, 0.6) is 11.5 Å². The van der Waals surface area contributed by atoms with Gasteiger partial charge in [-0.05, 0) is 126 Å². The molecule has 0 aliphatic carbocycles. The summed E-state index contributed by atoms with van der Waals surface area (Å²) in [6, 6.07) is 43.3. The van der Waals surface area contributed by atoms with E-state index in [-0.39, 0.29) is 55.6 Å². The summed E-state index contributed by atoms with van der Waals surface area (Å²) in [6.45, 7) is 19.3. The first-order chi connectivity index (χ1) is 29.8. The van der Waals surface area contributed by atoms with E-state index < -0.39 is 0 Å². The maximum atomic E-state index is 11.7. The van der Waals surface area contributed by atoms with Crippen LogP contribution in [0, 0.1) is 31.7 Å². The molecule has 1 radical (unpaired) electrons. The Kier molecular flexibility index (Phi) is 13.5. The van der Waals surface area contributed by atoms with E-state index in [9.17, 15) is 9.90 Å². The number of nitrogens with zero attached hydrogens (tertiary/aromatic N) is 2. The third kappa shape index (κ3) is 8.75. The van der Waals surface area contributed by atoms with Gasteiger partial charge in [-0.15, -0.1) is 29.1 Å². The number of carbonyl (C=O) groups excluding carboxylic acids is 1. The first kappa shape index (κ1) is 45.5. The van der Waals surface area contributed by atoms with Crippen molar-refractivity contribution in [2.45, 2.75) is 93.4 Å². The number of allylic oxidation sites excluding steroid dienone is 2. The van der Waals surface area contributed by atoms with E-state index in [1.54, 1.807) is 0 Å². The molecule has 0 saturated heterocycles. The quantitative estimate of drug-likeness (QED) is 0.0676. The first-order valence-electron chi connectivity index (χ1n) is 22.5.